The second-order valence-corrected chi connectivity index (χ2v) is 4.79. The zero-order valence-electron chi connectivity index (χ0n) is 5.57. The Hall–Kier alpha value is 0.830. The lowest BCUT2D eigenvalue weighted by atomic mass is 10.0. The van der Waals surface area contributed by atoms with Crippen molar-refractivity contribution in [1.29, 1.82) is 0 Å². The summed E-state index contributed by atoms with van der Waals surface area (Å²) in [5, 5.41) is 9.53. The first kappa shape index (κ1) is 8.92. The Balaban J connectivity index is 2.67. The first-order valence-corrected chi connectivity index (χ1v) is 4.35. The molecule has 0 aromatic carbocycles. The van der Waals surface area contributed by atoms with Gasteiger partial charge in [0.15, 0.2) is 0 Å². The molecule has 1 nitrogen and oxygen atoms in total. The van der Waals surface area contributed by atoms with Crippen LogP contribution >= 0.6 is 34.8 Å². The average Bonchev–Trinajstić information content (AvgIpc) is 2.48. The molecule has 1 N–H and O–H groups in total. The number of aliphatic hydroxyl groups is 1. The summed E-state index contributed by atoms with van der Waals surface area (Å²) in [5.74, 6) is 0. The number of alkyl halides is 3. The molecule has 60 valence electrons. The molecule has 0 spiro atoms. The lowest BCUT2D eigenvalue weighted by molar-refractivity contribution is 0.111. The van der Waals surface area contributed by atoms with Crippen molar-refractivity contribution in [3.05, 3.63) is 0 Å². The van der Waals surface area contributed by atoms with Crippen molar-refractivity contribution in [3.8, 4) is 0 Å². The van der Waals surface area contributed by atoms with E-state index in [4.69, 9.17) is 34.8 Å². The van der Waals surface area contributed by atoms with Crippen LogP contribution in [0.3, 0.4) is 0 Å². The Morgan fingerprint density at radius 1 is 1.50 bits per heavy atom. The largest absolute Gasteiger partial charge is 0.388 e. The summed E-state index contributed by atoms with van der Waals surface area (Å²) >= 11 is 17.0. The predicted octanol–water partition coefficient (Wildman–Crippen LogP) is 2.31. The normalized spacial score (nSPS) is 28.2. The average molecular weight is 203 g/mol. The fourth-order valence-corrected chi connectivity index (χ4v) is 1.41. The van der Waals surface area contributed by atoms with Crippen molar-refractivity contribution in [2.45, 2.75) is 35.1 Å². The molecule has 1 saturated carbocycles. The number of rotatable bonds is 2. The smallest absolute Gasteiger partial charge is 0.129 e. The number of hydrogen-bond acceptors (Lipinski definition) is 1. The molecule has 1 aliphatic rings. The summed E-state index contributed by atoms with van der Waals surface area (Å²) in [7, 11) is 0. The highest BCUT2D eigenvalue weighted by Gasteiger charge is 2.58. The van der Waals surface area contributed by atoms with Crippen LogP contribution in [0.15, 0.2) is 0 Å². The van der Waals surface area contributed by atoms with Crippen LogP contribution in [0.5, 0.6) is 0 Å². The van der Waals surface area contributed by atoms with E-state index >= 15 is 0 Å². The lowest BCUT2D eigenvalue weighted by Gasteiger charge is -2.28. The van der Waals surface area contributed by atoms with Crippen molar-refractivity contribution in [2.24, 2.45) is 0 Å². The molecule has 1 fully saturated rings. The molecule has 0 radical (unpaired) electrons. The van der Waals surface area contributed by atoms with E-state index in [2.05, 4.69) is 0 Å². The highest BCUT2D eigenvalue weighted by atomic mass is 35.5. The van der Waals surface area contributed by atoms with Gasteiger partial charge in [-0.2, -0.15) is 0 Å². The Kier molecular flexibility index (Phi) is 2.15. The maximum atomic E-state index is 9.53. The molecule has 1 unspecified atom stereocenters. The van der Waals surface area contributed by atoms with Crippen molar-refractivity contribution >= 4 is 34.8 Å². The van der Waals surface area contributed by atoms with Crippen LogP contribution in [0.2, 0.25) is 0 Å². The summed E-state index contributed by atoms with van der Waals surface area (Å²) in [4.78, 5) is -1.61. The van der Waals surface area contributed by atoms with Crippen LogP contribution in [-0.4, -0.2) is 20.4 Å². The molecule has 0 saturated heterocycles. The maximum absolute atomic E-state index is 9.53. The van der Waals surface area contributed by atoms with Crippen LogP contribution in [0.4, 0.5) is 0 Å². The summed E-state index contributed by atoms with van der Waals surface area (Å²) in [6, 6.07) is 0. The van der Waals surface area contributed by atoms with Gasteiger partial charge in [-0.1, -0.05) is 0 Å². The quantitative estimate of drug-likeness (QED) is 0.683. The topological polar surface area (TPSA) is 20.2 Å². The van der Waals surface area contributed by atoms with E-state index < -0.39 is 15.3 Å². The van der Waals surface area contributed by atoms with Gasteiger partial charge in [-0.3, -0.25) is 0 Å². The molecular formula is C6H9Cl3O. The monoisotopic (exact) mass is 202 g/mol. The van der Waals surface area contributed by atoms with Gasteiger partial charge in [0.25, 0.3) is 0 Å². The molecule has 1 atom stereocenters. The molecule has 4 heteroatoms. The molecular weight excluding hydrogens is 194 g/mol. The highest BCUT2D eigenvalue weighted by Crippen LogP contribution is 2.51. The molecule has 1 aliphatic carbocycles. The Morgan fingerprint density at radius 3 is 2.00 bits per heavy atom. The minimum absolute atomic E-state index is 0.697. The van der Waals surface area contributed by atoms with Gasteiger partial charge in [-0.15, -0.1) is 34.8 Å². The minimum atomic E-state index is -0.893. The van der Waals surface area contributed by atoms with Crippen molar-refractivity contribution in [2.75, 3.05) is 0 Å². The Labute approximate surface area is 75.3 Å². The molecule has 0 amide bonds. The first-order valence-electron chi connectivity index (χ1n) is 3.09. The van der Waals surface area contributed by atoms with Crippen molar-refractivity contribution in [1.82, 2.24) is 0 Å². The van der Waals surface area contributed by atoms with E-state index in [0.29, 0.717) is 12.8 Å². The second-order valence-electron chi connectivity index (χ2n) is 2.91. The van der Waals surface area contributed by atoms with Gasteiger partial charge in [0.1, 0.15) is 9.71 Å². The van der Waals surface area contributed by atoms with E-state index in [0.717, 1.165) is 0 Å². The summed E-state index contributed by atoms with van der Waals surface area (Å²) in [6.45, 7) is 1.66. The fraction of sp³-hybridized carbons (Fsp3) is 1.00. The molecule has 0 bridgehead atoms. The first-order chi connectivity index (χ1) is 4.40. The van der Waals surface area contributed by atoms with Gasteiger partial charge in [-0.25, -0.2) is 0 Å². The Bertz CT molecular complexity index is 140. The van der Waals surface area contributed by atoms with E-state index in [1.165, 1.54) is 0 Å². The molecule has 1 rings (SSSR count). The highest BCUT2D eigenvalue weighted by molar-refractivity contribution is 6.49. The number of hydrogen-bond donors (Lipinski definition) is 1. The Morgan fingerprint density at radius 2 is 1.90 bits per heavy atom. The van der Waals surface area contributed by atoms with E-state index in [-0.39, 0.29) is 0 Å². The van der Waals surface area contributed by atoms with Crippen LogP contribution in [0.25, 0.3) is 0 Å². The third kappa shape index (κ3) is 1.25. The van der Waals surface area contributed by atoms with Gasteiger partial charge in [0.2, 0.25) is 0 Å². The van der Waals surface area contributed by atoms with Crippen LogP contribution in [0.1, 0.15) is 19.8 Å². The molecule has 0 heterocycles. The van der Waals surface area contributed by atoms with Crippen LogP contribution in [-0.2, 0) is 0 Å². The van der Waals surface area contributed by atoms with E-state index in [1.807, 2.05) is 0 Å². The fourth-order valence-electron chi connectivity index (χ4n) is 0.810. The van der Waals surface area contributed by atoms with Crippen molar-refractivity contribution < 1.29 is 5.11 Å². The molecule has 0 aliphatic heterocycles. The third-order valence-electron chi connectivity index (χ3n) is 2.04. The summed E-state index contributed by atoms with van der Waals surface area (Å²) in [6.07, 6.45) is 1.39. The third-order valence-corrected chi connectivity index (χ3v) is 3.71. The van der Waals surface area contributed by atoms with E-state index in [9.17, 15) is 5.11 Å². The molecule has 10 heavy (non-hydrogen) atoms. The SMILES string of the molecule is CC(Cl)(C(Cl)Cl)C1(O)CC1. The minimum Gasteiger partial charge on any atom is -0.388 e. The zero-order valence-corrected chi connectivity index (χ0v) is 7.84. The van der Waals surface area contributed by atoms with Crippen LogP contribution in [0, 0.1) is 0 Å². The van der Waals surface area contributed by atoms with Crippen molar-refractivity contribution in [3.63, 3.8) is 0 Å². The van der Waals surface area contributed by atoms with Gasteiger partial charge < -0.3 is 5.11 Å². The van der Waals surface area contributed by atoms with Gasteiger partial charge >= 0.3 is 0 Å². The second kappa shape index (κ2) is 2.41. The summed E-state index contributed by atoms with van der Waals surface area (Å²) < 4.78 is 0. The molecule has 0 aromatic rings. The van der Waals surface area contributed by atoms with Gasteiger partial charge in [0.05, 0.1) is 5.60 Å². The molecule has 0 aromatic heterocycles. The number of halogens is 3. The predicted molar refractivity (Wildman–Crippen MR) is 43.9 cm³/mol. The van der Waals surface area contributed by atoms with Crippen LogP contribution < -0.4 is 0 Å². The summed E-state index contributed by atoms with van der Waals surface area (Å²) in [5.41, 5.74) is -0.831. The lowest BCUT2D eigenvalue weighted by Crippen LogP contribution is -2.41. The van der Waals surface area contributed by atoms with Gasteiger partial charge in [0, 0.05) is 0 Å². The standard InChI is InChI=1S/C6H9Cl3O/c1-5(9,4(7)8)6(10)2-3-6/h4,10H,2-3H2,1H3. The van der Waals surface area contributed by atoms with E-state index in [1.54, 1.807) is 6.92 Å². The maximum Gasteiger partial charge on any atom is 0.129 e. The zero-order chi connectivity index (χ0) is 7.99. The van der Waals surface area contributed by atoms with Gasteiger partial charge in [-0.05, 0) is 19.8 Å².